The monoisotopic (exact) mass is 403 g/mol. The summed E-state index contributed by atoms with van der Waals surface area (Å²) in [6.45, 7) is 3.67. The van der Waals surface area contributed by atoms with Gasteiger partial charge in [0.15, 0.2) is 0 Å². The third-order valence-electron chi connectivity index (χ3n) is 4.31. The van der Waals surface area contributed by atoms with Gasteiger partial charge in [0.25, 0.3) is 5.91 Å². The molecule has 0 bridgehead atoms. The average molecular weight is 403 g/mol. The van der Waals surface area contributed by atoms with Crippen LogP contribution >= 0.6 is 0 Å². The molecule has 4 rings (SSSR count). The number of halogens is 1. The molecule has 8 heteroatoms. The predicted octanol–water partition coefficient (Wildman–Crippen LogP) is 4.46. The summed E-state index contributed by atoms with van der Waals surface area (Å²) >= 11 is 0. The molecule has 30 heavy (non-hydrogen) atoms. The fourth-order valence-corrected chi connectivity index (χ4v) is 2.85. The number of imidazole rings is 1. The van der Waals surface area contributed by atoms with Crippen LogP contribution in [0.25, 0.3) is 5.82 Å². The van der Waals surface area contributed by atoms with Gasteiger partial charge in [-0.2, -0.15) is 4.98 Å². The second-order valence-corrected chi connectivity index (χ2v) is 6.54. The summed E-state index contributed by atoms with van der Waals surface area (Å²) in [6.07, 6.45) is 3.52. The molecule has 0 atom stereocenters. The van der Waals surface area contributed by atoms with Crippen LogP contribution in [-0.4, -0.2) is 25.4 Å². The number of anilines is 1. The van der Waals surface area contributed by atoms with E-state index >= 15 is 0 Å². The highest BCUT2D eigenvalue weighted by Crippen LogP contribution is 2.23. The number of aromatic nitrogens is 4. The van der Waals surface area contributed by atoms with Crippen molar-refractivity contribution < 1.29 is 13.9 Å². The summed E-state index contributed by atoms with van der Waals surface area (Å²) in [5, 5.41) is 2.76. The molecule has 2 aromatic heterocycles. The molecule has 0 aliphatic rings. The molecule has 0 aliphatic carbocycles. The van der Waals surface area contributed by atoms with E-state index in [9.17, 15) is 9.18 Å². The number of hydrogen-bond donors (Lipinski definition) is 1. The molecule has 7 nitrogen and oxygen atoms in total. The van der Waals surface area contributed by atoms with Gasteiger partial charge in [0.05, 0.1) is 0 Å². The lowest BCUT2D eigenvalue weighted by atomic mass is 10.2. The van der Waals surface area contributed by atoms with Crippen molar-refractivity contribution in [3.63, 3.8) is 0 Å². The first-order valence-corrected chi connectivity index (χ1v) is 9.19. The summed E-state index contributed by atoms with van der Waals surface area (Å²) in [5.41, 5.74) is 0.959. The Labute approximate surface area is 172 Å². The molecular weight excluding hydrogens is 385 g/mol. The second-order valence-electron chi connectivity index (χ2n) is 6.54. The molecule has 150 valence electrons. The van der Waals surface area contributed by atoms with Crippen molar-refractivity contribution in [2.45, 2.75) is 13.8 Å². The van der Waals surface area contributed by atoms with Crippen molar-refractivity contribution in [3.05, 3.63) is 90.0 Å². The smallest absolute Gasteiger partial charge is 0.255 e. The van der Waals surface area contributed by atoms with Crippen LogP contribution in [0.2, 0.25) is 0 Å². The highest BCUT2D eigenvalue weighted by Gasteiger charge is 2.09. The number of ether oxygens (including phenoxy) is 1. The first-order valence-electron chi connectivity index (χ1n) is 9.19. The van der Waals surface area contributed by atoms with E-state index in [4.69, 9.17) is 4.74 Å². The summed E-state index contributed by atoms with van der Waals surface area (Å²) in [7, 11) is 0. The fraction of sp³-hybridized carbons (Fsp3) is 0.0909. The lowest BCUT2D eigenvalue weighted by molar-refractivity contribution is 0.102. The van der Waals surface area contributed by atoms with Gasteiger partial charge < -0.3 is 10.1 Å². The van der Waals surface area contributed by atoms with E-state index in [1.165, 1.54) is 24.3 Å². The normalized spacial score (nSPS) is 10.6. The third kappa shape index (κ3) is 4.33. The van der Waals surface area contributed by atoms with E-state index in [0.29, 0.717) is 34.5 Å². The zero-order chi connectivity index (χ0) is 21.1. The van der Waals surface area contributed by atoms with E-state index in [2.05, 4.69) is 20.3 Å². The lowest BCUT2D eigenvalue weighted by Gasteiger charge is -2.10. The van der Waals surface area contributed by atoms with Crippen molar-refractivity contribution in [2.24, 2.45) is 0 Å². The van der Waals surface area contributed by atoms with Gasteiger partial charge >= 0.3 is 0 Å². The molecule has 0 fully saturated rings. The first-order chi connectivity index (χ1) is 14.5. The number of carbonyl (C=O) groups is 1. The Morgan fingerprint density at radius 3 is 2.43 bits per heavy atom. The maximum atomic E-state index is 13.0. The van der Waals surface area contributed by atoms with Crippen molar-refractivity contribution in [1.82, 2.24) is 19.5 Å². The quantitative estimate of drug-likeness (QED) is 0.532. The number of hydrogen-bond acceptors (Lipinski definition) is 5. The summed E-state index contributed by atoms with van der Waals surface area (Å²) in [6, 6.07) is 13.9. The fourth-order valence-electron chi connectivity index (χ4n) is 2.85. The average Bonchev–Trinajstić information content (AvgIpc) is 3.15. The SMILES string of the molecule is Cc1nc(Oc2ccc(NC(=O)c3ccc(F)cc3)cc2)cc(-n2ccnc2C)n1. The maximum absolute atomic E-state index is 13.0. The zero-order valence-electron chi connectivity index (χ0n) is 16.3. The molecule has 2 aromatic carbocycles. The molecule has 0 unspecified atom stereocenters. The van der Waals surface area contributed by atoms with Crippen LogP contribution in [0.15, 0.2) is 67.0 Å². The summed E-state index contributed by atoms with van der Waals surface area (Å²) in [4.78, 5) is 25.2. The van der Waals surface area contributed by atoms with E-state index in [1.54, 1.807) is 43.5 Å². The molecule has 0 saturated heterocycles. The molecular formula is C22H18FN5O2. The maximum Gasteiger partial charge on any atom is 0.255 e. The minimum atomic E-state index is -0.389. The van der Waals surface area contributed by atoms with E-state index < -0.39 is 0 Å². The van der Waals surface area contributed by atoms with Crippen LogP contribution in [0.1, 0.15) is 22.0 Å². The molecule has 4 aromatic rings. The molecule has 1 N–H and O–H groups in total. The highest BCUT2D eigenvalue weighted by atomic mass is 19.1. The van der Waals surface area contributed by atoms with Crippen LogP contribution < -0.4 is 10.1 Å². The minimum absolute atomic E-state index is 0.324. The van der Waals surface area contributed by atoms with E-state index in [-0.39, 0.29) is 11.7 Å². The Bertz CT molecular complexity index is 1190. The molecule has 0 aliphatic heterocycles. The predicted molar refractivity (Wildman–Crippen MR) is 109 cm³/mol. The number of rotatable bonds is 5. The topological polar surface area (TPSA) is 81.9 Å². The van der Waals surface area contributed by atoms with Gasteiger partial charge in [-0.25, -0.2) is 14.4 Å². The molecule has 0 radical (unpaired) electrons. The van der Waals surface area contributed by atoms with Gasteiger partial charge in [-0.15, -0.1) is 0 Å². The number of benzene rings is 2. The Morgan fingerprint density at radius 1 is 1.03 bits per heavy atom. The Balaban J connectivity index is 1.47. The first kappa shape index (κ1) is 19.3. The van der Waals surface area contributed by atoms with Crippen LogP contribution in [0.4, 0.5) is 10.1 Å². The zero-order valence-corrected chi connectivity index (χ0v) is 16.3. The highest BCUT2D eigenvalue weighted by molar-refractivity contribution is 6.04. The molecule has 0 spiro atoms. The van der Waals surface area contributed by atoms with Gasteiger partial charge in [0.1, 0.15) is 29.0 Å². The largest absolute Gasteiger partial charge is 0.439 e. The van der Waals surface area contributed by atoms with Gasteiger partial charge in [0, 0.05) is 29.7 Å². The standard InChI is InChI=1S/C22H18FN5O2/c1-14-25-20(28-12-11-24-15(28)2)13-21(26-14)30-19-9-7-18(8-10-19)27-22(29)16-3-5-17(23)6-4-16/h3-13H,1-2H3,(H,27,29). The molecule has 2 heterocycles. The van der Waals surface area contributed by atoms with Crippen LogP contribution in [0, 0.1) is 19.7 Å². The van der Waals surface area contributed by atoms with E-state index in [0.717, 1.165) is 5.82 Å². The van der Waals surface area contributed by atoms with Gasteiger partial charge in [-0.05, 0) is 62.4 Å². The number of nitrogens with zero attached hydrogens (tertiary/aromatic N) is 4. The Morgan fingerprint density at radius 2 is 1.77 bits per heavy atom. The second kappa shape index (κ2) is 8.12. The van der Waals surface area contributed by atoms with Crippen molar-refractivity contribution in [3.8, 4) is 17.4 Å². The summed E-state index contributed by atoms with van der Waals surface area (Å²) in [5.74, 6) is 2.28. The number of amides is 1. The number of nitrogens with one attached hydrogen (secondary N) is 1. The number of aryl methyl sites for hydroxylation is 2. The summed E-state index contributed by atoms with van der Waals surface area (Å²) < 4.78 is 20.7. The number of carbonyl (C=O) groups excluding carboxylic acids is 1. The van der Waals surface area contributed by atoms with Crippen LogP contribution in [0.5, 0.6) is 11.6 Å². The Kier molecular flexibility index (Phi) is 5.21. The lowest BCUT2D eigenvalue weighted by Crippen LogP contribution is -2.11. The minimum Gasteiger partial charge on any atom is -0.439 e. The van der Waals surface area contributed by atoms with Crippen LogP contribution in [-0.2, 0) is 0 Å². The van der Waals surface area contributed by atoms with Crippen molar-refractivity contribution in [1.29, 1.82) is 0 Å². The third-order valence-corrected chi connectivity index (χ3v) is 4.31. The Hall–Kier alpha value is -4.07. The molecule has 0 saturated carbocycles. The van der Waals surface area contributed by atoms with Gasteiger partial charge in [-0.1, -0.05) is 0 Å². The van der Waals surface area contributed by atoms with Crippen molar-refractivity contribution >= 4 is 11.6 Å². The van der Waals surface area contributed by atoms with E-state index in [1.807, 2.05) is 17.7 Å². The molecule has 1 amide bonds. The van der Waals surface area contributed by atoms with Crippen molar-refractivity contribution in [2.75, 3.05) is 5.32 Å². The van der Waals surface area contributed by atoms with Gasteiger partial charge in [0.2, 0.25) is 5.88 Å². The van der Waals surface area contributed by atoms with Gasteiger partial charge in [-0.3, -0.25) is 9.36 Å². The van der Waals surface area contributed by atoms with Crippen LogP contribution in [0.3, 0.4) is 0 Å².